The van der Waals surface area contributed by atoms with Gasteiger partial charge in [-0.1, -0.05) is 13.3 Å². The summed E-state index contributed by atoms with van der Waals surface area (Å²) in [7, 11) is 0. The number of carbonyl (C=O) groups excluding carboxylic acids is 1. The number of nitrogens with one attached hydrogen (secondary N) is 1. The van der Waals surface area contributed by atoms with E-state index in [1.807, 2.05) is 0 Å². The zero-order valence-corrected chi connectivity index (χ0v) is 12.0. The molecule has 0 aromatic rings. The van der Waals surface area contributed by atoms with Gasteiger partial charge in [0, 0.05) is 36.3 Å². The molecule has 1 amide bonds. The van der Waals surface area contributed by atoms with Gasteiger partial charge in [0.05, 0.1) is 0 Å². The Hall–Kier alpha value is -0.220. The van der Waals surface area contributed by atoms with Crippen molar-refractivity contribution in [3.05, 3.63) is 0 Å². The van der Waals surface area contributed by atoms with Crippen LogP contribution in [0.25, 0.3) is 0 Å². The molecule has 3 fully saturated rings. The van der Waals surface area contributed by atoms with Crippen LogP contribution in [0.3, 0.4) is 0 Å². The molecule has 1 N–H and O–H groups in total. The monoisotopic (exact) mass is 268 g/mol. The number of fused-ring (bicyclic) bond motifs is 1. The molecule has 1 aliphatic carbocycles. The fourth-order valence-corrected chi connectivity index (χ4v) is 5.15. The summed E-state index contributed by atoms with van der Waals surface area (Å²) in [6.45, 7) is 3.25. The van der Waals surface area contributed by atoms with Gasteiger partial charge in [0.15, 0.2) is 0 Å². The van der Waals surface area contributed by atoms with Crippen LogP contribution < -0.4 is 5.32 Å². The molecule has 18 heavy (non-hydrogen) atoms. The van der Waals surface area contributed by atoms with Crippen LogP contribution in [0.4, 0.5) is 0 Å². The second kappa shape index (κ2) is 5.41. The van der Waals surface area contributed by atoms with Gasteiger partial charge >= 0.3 is 0 Å². The van der Waals surface area contributed by atoms with Gasteiger partial charge in [-0.3, -0.25) is 4.79 Å². The first kappa shape index (κ1) is 12.8. The standard InChI is InChI=1S/C14H24N2OS/c1-2-18-13-7-3-5-10(13)15-11-9-14(17)16-8-4-6-12(11)16/h10-13,15H,2-9H2,1H3. The highest BCUT2D eigenvalue weighted by atomic mass is 32.2. The molecule has 2 heterocycles. The summed E-state index contributed by atoms with van der Waals surface area (Å²) < 4.78 is 0. The summed E-state index contributed by atoms with van der Waals surface area (Å²) in [4.78, 5) is 14.0. The van der Waals surface area contributed by atoms with Crippen molar-refractivity contribution in [1.29, 1.82) is 0 Å². The Morgan fingerprint density at radius 1 is 1.28 bits per heavy atom. The molecule has 2 saturated heterocycles. The lowest BCUT2D eigenvalue weighted by molar-refractivity contribution is -0.127. The average Bonchev–Trinajstić information content (AvgIpc) is 3.01. The van der Waals surface area contributed by atoms with E-state index in [0.717, 1.165) is 18.2 Å². The molecule has 1 saturated carbocycles. The van der Waals surface area contributed by atoms with E-state index in [1.54, 1.807) is 0 Å². The summed E-state index contributed by atoms with van der Waals surface area (Å²) in [6.07, 6.45) is 7.16. The number of rotatable bonds is 4. The fraction of sp³-hybridized carbons (Fsp3) is 0.929. The van der Waals surface area contributed by atoms with Crippen molar-refractivity contribution in [2.24, 2.45) is 0 Å². The minimum absolute atomic E-state index is 0.382. The van der Waals surface area contributed by atoms with Crippen molar-refractivity contribution >= 4 is 17.7 Å². The molecule has 0 aromatic heterocycles. The Labute approximate surface area is 114 Å². The maximum absolute atomic E-state index is 11.9. The molecule has 4 unspecified atom stereocenters. The fourth-order valence-electron chi connectivity index (χ4n) is 3.94. The summed E-state index contributed by atoms with van der Waals surface area (Å²) in [5.41, 5.74) is 0. The van der Waals surface area contributed by atoms with E-state index in [1.165, 1.54) is 37.9 Å². The summed E-state index contributed by atoms with van der Waals surface area (Å²) in [5.74, 6) is 1.59. The summed E-state index contributed by atoms with van der Waals surface area (Å²) in [5, 5.41) is 4.61. The molecule has 0 aromatic carbocycles. The molecule has 102 valence electrons. The first-order chi connectivity index (χ1) is 8.79. The van der Waals surface area contributed by atoms with Crippen LogP contribution in [0, 0.1) is 0 Å². The Bertz CT molecular complexity index is 323. The largest absolute Gasteiger partial charge is 0.338 e. The number of hydrogen-bond acceptors (Lipinski definition) is 3. The van der Waals surface area contributed by atoms with Crippen molar-refractivity contribution in [2.45, 2.75) is 68.8 Å². The number of amides is 1. The third kappa shape index (κ3) is 2.29. The van der Waals surface area contributed by atoms with E-state index in [4.69, 9.17) is 0 Å². The molecular weight excluding hydrogens is 244 g/mol. The topological polar surface area (TPSA) is 32.3 Å². The molecule has 4 atom stereocenters. The Morgan fingerprint density at radius 2 is 2.17 bits per heavy atom. The minimum atomic E-state index is 0.382. The Balaban J connectivity index is 1.60. The van der Waals surface area contributed by atoms with Crippen molar-refractivity contribution in [3.63, 3.8) is 0 Å². The molecule has 0 spiro atoms. The summed E-state index contributed by atoms with van der Waals surface area (Å²) >= 11 is 2.10. The molecule has 3 nitrogen and oxygen atoms in total. The second-order valence-electron chi connectivity index (χ2n) is 5.81. The average molecular weight is 268 g/mol. The van der Waals surface area contributed by atoms with Gasteiger partial charge in [0.1, 0.15) is 0 Å². The van der Waals surface area contributed by atoms with Crippen molar-refractivity contribution in [1.82, 2.24) is 10.2 Å². The number of nitrogens with zero attached hydrogens (tertiary/aromatic N) is 1. The van der Waals surface area contributed by atoms with Crippen molar-refractivity contribution < 1.29 is 4.79 Å². The number of thioether (sulfide) groups is 1. The van der Waals surface area contributed by atoms with Gasteiger partial charge in [-0.25, -0.2) is 0 Å². The highest BCUT2D eigenvalue weighted by Gasteiger charge is 2.43. The van der Waals surface area contributed by atoms with Gasteiger partial charge in [0.25, 0.3) is 0 Å². The first-order valence-electron chi connectivity index (χ1n) is 7.46. The molecule has 0 radical (unpaired) electrons. The highest BCUT2D eigenvalue weighted by molar-refractivity contribution is 7.99. The van der Waals surface area contributed by atoms with Gasteiger partial charge in [-0.15, -0.1) is 0 Å². The molecular formula is C14H24N2OS. The Morgan fingerprint density at radius 3 is 3.00 bits per heavy atom. The SMILES string of the molecule is CCSC1CCCC1NC1CC(=O)N2CCCC12. The first-order valence-corrected chi connectivity index (χ1v) is 8.51. The van der Waals surface area contributed by atoms with E-state index in [2.05, 4.69) is 28.9 Å². The van der Waals surface area contributed by atoms with Crippen LogP contribution >= 0.6 is 11.8 Å². The minimum Gasteiger partial charge on any atom is -0.338 e. The Kier molecular flexibility index (Phi) is 3.85. The van der Waals surface area contributed by atoms with Gasteiger partial charge in [-0.2, -0.15) is 11.8 Å². The number of carbonyl (C=O) groups is 1. The molecule has 3 aliphatic rings. The van der Waals surface area contributed by atoms with Crippen molar-refractivity contribution in [3.8, 4) is 0 Å². The van der Waals surface area contributed by atoms with Crippen LogP contribution in [0.5, 0.6) is 0 Å². The van der Waals surface area contributed by atoms with Crippen LogP contribution in [0.1, 0.15) is 45.4 Å². The van der Waals surface area contributed by atoms with Crippen LogP contribution in [-0.2, 0) is 4.79 Å². The zero-order chi connectivity index (χ0) is 12.5. The van der Waals surface area contributed by atoms with Gasteiger partial charge in [-0.05, 0) is 31.4 Å². The lowest BCUT2D eigenvalue weighted by Crippen LogP contribution is -2.46. The van der Waals surface area contributed by atoms with Gasteiger partial charge in [0.2, 0.25) is 5.91 Å². The van der Waals surface area contributed by atoms with Crippen LogP contribution in [0.2, 0.25) is 0 Å². The van der Waals surface area contributed by atoms with E-state index in [0.29, 0.717) is 24.0 Å². The predicted octanol–water partition coefficient (Wildman–Crippen LogP) is 2.01. The lowest BCUT2D eigenvalue weighted by atomic mass is 10.0. The third-order valence-electron chi connectivity index (χ3n) is 4.74. The van der Waals surface area contributed by atoms with E-state index >= 15 is 0 Å². The molecule has 4 heteroatoms. The maximum atomic E-state index is 11.9. The van der Waals surface area contributed by atoms with Crippen LogP contribution in [-0.4, -0.2) is 46.5 Å². The van der Waals surface area contributed by atoms with E-state index < -0.39 is 0 Å². The predicted molar refractivity (Wildman–Crippen MR) is 75.8 cm³/mol. The molecule has 0 bridgehead atoms. The quantitative estimate of drug-likeness (QED) is 0.846. The van der Waals surface area contributed by atoms with Crippen molar-refractivity contribution in [2.75, 3.05) is 12.3 Å². The van der Waals surface area contributed by atoms with E-state index in [9.17, 15) is 4.79 Å². The molecule has 2 aliphatic heterocycles. The second-order valence-corrected chi connectivity index (χ2v) is 7.32. The highest BCUT2D eigenvalue weighted by Crippen LogP contribution is 2.34. The number of hydrogen-bond donors (Lipinski definition) is 1. The zero-order valence-electron chi connectivity index (χ0n) is 11.2. The normalized spacial score (nSPS) is 39.6. The maximum Gasteiger partial charge on any atom is 0.224 e. The van der Waals surface area contributed by atoms with E-state index in [-0.39, 0.29) is 0 Å². The molecule has 3 rings (SSSR count). The summed E-state index contributed by atoms with van der Waals surface area (Å²) in [6, 6.07) is 1.58. The smallest absolute Gasteiger partial charge is 0.224 e. The lowest BCUT2D eigenvalue weighted by Gasteiger charge is -2.27. The van der Waals surface area contributed by atoms with Crippen LogP contribution in [0.15, 0.2) is 0 Å². The van der Waals surface area contributed by atoms with Gasteiger partial charge < -0.3 is 10.2 Å². The third-order valence-corrected chi connectivity index (χ3v) is 6.07.